The average molecular weight is 206 g/mol. The van der Waals surface area contributed by atoms with E-state index in [0.717, 1.165) is 5.69 Å². The Morgan fingerprint density at radius 3 is 2.40 bits per heavy atom. The third-order valence-corrected chi connectivity index (χ3v) is 3.22. The number of anilines is 2. The van der Waals surface area contributed by atoms with Gasteiger partial charge in [0.15, 0.2) is 0 Å². The Labute approximate surface area is 93.1 Å². The second-order valence-electron chi connectivity index (χ2n) is 4.07. The molecule has 0 saturated carbocycles. The van der Waals surface area contributed by atoms with Crippen LogP contribution in [0.3, 0.4) is 0 Å². The van der Waals surface area contributed by atoms with Crippen molar-refractivity contribution in [1.82, 2.24) is 0 Å². The molecule has 0 aromatic heterocycles. The van der Waals surface area contributed by atoms with Crippen LogP contribution in [0.15, 0.2) is 18.2 Å². The van der Waals surface area contributed by atoms with Gasteiger partial charge in [0.1, 0.15) is 0 Å². The Balaban J connectivity index is 2.99. The van der Waals surface area contributed by atoms with E-state index in [9.17, 15) is 0 Å². The average Bonchev–Trinajstić information content (AvgIpc) is 2.23. The summed E-state index contributed by atoms with van der Waals surface area (Å²) in [5.74, 6) is 0. The molecule has 0 fully saturated rings. The van der Waals surface area contributed by atoms with Gasteiger partial charge < -0.3 is 10.6 Å². The van der Waals surface area contributed by atoms with Gasteiger partial charge in [-0.05, 0) is 37.5 Å². The van der Waals surface area contributed by atoms with E-state index in [4.69, 9.17) is 5.73 Å². The molecule has 0 unspecified atom stereocenters. The Morgan fingerprint density at radius 1 is 1.27 bits per heavy atom. The molecule has 2 heteroatoms. The molecule has 0 atom stereocenters. The molecule has 15 heavy (non-hydrogen) atoms. The summed E-state index contributed by atoms with van der Waals surface area (Å²) in [5.41, 5.74) is 9.24. The van der Waals surface area contributed by atoms with E-state index >= 15 is 0 Å². The van der Waals surface area contributed by atoms with Gasteiger partial charge in [-0.1, -0.05) is 19.9 Å². The van der Waals surface area contributed by atoms with Gasteiger partial charge in [0, 0.05) is 24.5 Å². The minimum absolute atomic E-state index is 0.602. The van der Waals surface area contributed by atoms with Crippen LogP contribution in [0.5, 0.6) is 0 Å². The molecular weight excluding hydrogens is 184 g/mol. The summed E-state index contributed by atoms with van der Waals surface area (Å²) in [5, 5.41) is 0. The van der Waals surface area contributed by atoms with Gasteiger partial charge in [-0.3, -0.25) is 0 Å². The van der Waals surface area contributed by atoms with E-state index in [1.165, 1.54) is 24.1 Å². The second kappa shape index (κ2) is 5.06. The minimum Gasteiger partial charge on any atom is -0.398 e. The zero-order valence-electron chi connectivity index (χ0n) is 10.2. The number of nitrogens with zero attached hydrogens (tertiary/aromatic N) is 1. The number of rotatable bonds is 4. The smallest absolute Gasteiger partial charge is 0.0416 e. The molecule has 0 bridgehead atoms. The fourth-order valence-electron chi connectivity index (χ4n) is 2.06. The Bertz CT molecular complexity index is 316. The lowest BCUT2D eigenvalue weighted by Gasteiger charge is -2.30. The molecule has 2 nitrogen and oxygen atoms in total. The first-order chi connectivity index (χ1) is 7.11. The van der Waals surface area contributed by atoms with Gasteiger partial charge in [-0.2, -0.15) is 0 Å². The van der Waals surface area contributed by atoms with E-state index in [2.05, 4.69) is 38.8 Å². The van der Waals surface area contributed by atoms with Crippen molar-refractivity contribution < 1.29 is 0 Å². The zero-order chi connectivity index (χ0) is 11.4. The molecule has 0 spiro atoms. The van der Waals surface area contributed by atoms with E-state index in [-0.39, 0.29) is 0 Å². The SMILES string of the molecule is CCC(CC)N(C)c1cccc(N)c1C. The van der Waals surface area contributed by atoms with Gasteiger partial charge in [0.2, 0.25) is 0 Å². The van der Waals surface area contributed by atoms with Gasteiger partial charge in [0.25, 0.3) is 0 Å². The number of benzene rings is 1. The van der Waals surface area contributed by atoms with Crippen LogP contribution < -0.4 is 10.6 Å². The fraction of sp³-hybridized carbons (Fsp3) is 0.538. The minimum atomic E-state index is 0.602. The number of hydrogen-bond acceptors (Lipinski definition) is 2. The molecule has 1 aromatic carbocycles. The summed E-state index contributed by atoms with van der Waals surface area (Å²) in [6, 6.07) is 6.73. The van der Waals surface area contributed by atoms with Crippen molar-refractivity contribution in [3.63, 3.8) is 0 Å². The van der Waals surface area contributed by atoms with Crippen molar-refractivity contribution in [3.05, 3.63) is 23.8 Å². The summed E-state index contributed by atoms with van der Waals surface area (Å²) < 4.78 is 0. The number of hydrogen-bond donors (Lipinski definition) is 1. The van der Waals surface area contributed by atoms with Gasteiger partial charge in [-0.25, -0.2) is 0 Å². The summed E-state index contributed by atoms with van der Waals surface area (Å²) in [6.45, 7) is 6.54. The van der Waals surface area contributed by atoms with Crippen LogP contribution in [0.1, 0.15) is 32.3 Å². The quantitative estimate of drug-likeness (QED) is 0.766. The van der Waals surface area contributed by atoms with Crippen LogP contribution in [-0.2, 0) is 0 Å². The maximum Gasteiger partial charge on any atom is 0.0416 e. The topological polar surface area (TPSA) is 29.3 Å². The third-order valence-electron chi connectivity index (χ3n) is 3.22. The molecule has 0 heterocycles. The standard InChI is InChI=1S/C13H22N2/c1-5-11(6-2)15(4)13-9-7-8-12(14)10(13)3/h7-9,11H,5-6,14H2,1-4H3. The molecule has 1 aromatic rings. The molecule has 0 aliphatic carbocycles. The van der Waals surface area contributed by atoms with Crippen LogP contribution in [0, 0.1) is 6.92 Å². The first-order valence-corrected chi connectivity index (χ1v) is 5.69. The van der Waals surface area contributed by atoms with Crippen LogP contribution in [0.4, 0.5) is 11.4 Å². The molecule has 1 rings (SSSR count). The Kier molecular flexibility index (Phi) is 4.01. The summed E-state index contributed by atoms with van der Waals surface area (Å²) in [6.07, 6.45) is 2.34. The van der Waals surface area contributed by atoms with Gasteiger partial charge >= 0.3 is 0 Å². The molecule has 0 saturated heterocycles. The first-order valence-electron chi connectivity index (χ1n) is 5.69. The first kappa shape index (κ1) is 11.9. The maximum absolute atomic E-state index is 5.91. The van der Waals surface area contributed by atoms with Crippen molar-refractivity contribution in [1.29, 1.82) is 0 Å². The van der Waals surface area contributed by atoms with Crippen molar-refractivity contribution in [3.8, 4) is 0 Å². The molecular formula is C13H22N2. The molecule has 0 aliphatic rings. The normalized spacial score (nSPS) is 10.7. The van der Waals surface area contributed by atoms with Crippen molar-refractivity contribution in [2.75, 3.05) is 17.7 Å². The highest BCUT2D eigenvalue weighted by atomic mass is 15.1. The maximum atomic E-state index is 5.91. The number of nitrogen functional groups attached to an aromatic ring is 1. The van der Waals surface area contributed by atoms with Gasteiger partial charge in [0.05, 0.1) is 0 Å². The molecule has 0 aliphatic heterocycles. The monoisotopic (exact) mass is 206 g/mol. The van der Waals surface area contributed by atoms with Crippen molar-refractivity contribution in [2.45, 2.75) is 39.7 Å². The van der Waals surface area contributed by atoms with Crippen molar-refractivity contribution in [2.24, 2.45) is 0 Å². The second-order valence-corrected chi connectivity index (χ2v) is 4.07. The Hall–Kier alpha value is -1.18. The lowest BCUT2D eigenvalue weighted by Crippen LogP contribution is -2.30. The summed E-state index contributed by atoms with van der Waals surface area (Å²) in [7, 11) is 2.15. The summed E-state index contributed by atoms with van der Waals surface area (Å²) >= 11 is 0. The Morgan fingerprint density at radius 2 is 1.87 bits per heavy atom. The van der Waals surface area contributed by atoms with Crippen LogP contribution in [-0.4, -0.2) is 13.1 Å². The van der Waals surface area contributed by atoms with E-state index in [1.54, 1.807) is 0 Å². The largest absolute Gasteiger partial charge is 0.398 e. The van der Waals surface area contributed by atoms with Crippen LogP contribution in [0.2, 0.25) is 0 Å². The van der Waals surface area contributed by atoms with Crippen LogP contribution >= 0.6 is 0 Å². The molecule has 2 N–H and O–H groups in total. The van der Waals surface area contributed by atoms with Crippen molar-refractivity contribution >= 4 is 11.4 Å². The molecule has 84 valence electrons. The summed E-state index contributed by atoms with van der Waals surface area (Å²) in [4.78, 5) is 2.34. The highest BCUT2D eigenvalue weighted by molar-refractivity contribution is 5.64. The highest BCUT2D eigenvalue weighted by Gasteiger charge is 2.13. The predicted octanol–water partition coefficient (Wildman–Crippen LogP) is 3.20. The molecule has 0 amide bonds. The van der Waals surface area contributed by atoms with E-state index < -0.39 is 0 Å². The fourth-order valence-corrected chi connectivity index (χ4v) is 2.06. The highest BCUT2D eigenvalue weighted by Crippen LogP contribution is 2.26. The lowest BCUT2D eigenvalue weighted by molar-refractivity contribution is 0.591. The predicted molar refractivity (Wildman–Crippen MR) is 68.4 cm³/mol. The lowest BCUT2D eigenvalue weighted by atomic mass is 10.1. The molecule has 0 radical (unpaired) electrons. The van der Waals surface area contributed by atoms with E-state index in [1.807, 2.05) is 12.1 Å². The van der Waals surface area contributed by atoms with E-state index in [0.29, 0.717) is 6.04 Å². The number of nitrogens with two attached hydrogens (primary N) is 1. The van der Waals surface area contributed by atoms with Crippen LogP contribution in [0.25, 0.3) is 0 Å². The zero-order valence-corrected chi connectivity index (χ0v) is 10.2. The third kappa shape index (κ3) is 2.44. The van der Waals surface area contributed by atoms with Gasteiger partial charge in [-0.15, -0.1) is 0 Å².